The predicted octanol–water partition coefficient (Wildman–Crippen LogP) is 1.85. The van der Waals surface area contributed by atoms with Gasteiger partial charge in [-0.25, -0.2) is 8.42 Å². The lowest BCUT2D eigenvalue weighted by Gasteiger charge is -2.13. The third kappa shape index (κ3) is 5.79. The lowest BCUT2D eigenvalue weighted by Crippen LogP contribution is -2.28. The molecule has 0 heterocycles. The number of nitrogens with zero attached hydrogens (tertiary/aromatic N) is 1. The number of nitrogens with one attached hydrogen (secondary N) is 1. The molecule has 0 spiro atoms. The first-order valence-corrected chi connectivity index (χ1v) is 9.61. The lowest BCUT2D eigenvalue weighted by molar-refractivity contribution is -0.123. The van der Waals surface area contributed by atoms with E-state index < -0.39 is 9.84 Å². The lowest BCUT2D eigenvalue weighted by atomic mass is 10.2. The Bertz CT molecular complexity index is 813. The standard InChI is InChI=1S/C18H22N2O4S/c1-20(2)15-6-4-14(5-7-15)12-19-18(21)13-24-16-8-10-17(11-9-16)25(3,22)23/h4-11H,12-13H2,1-3H3,(H,19,21). The summed E-state index contributed by atoms with van der Waals surface area (Å²) in [6, 6.07) is 13.9. The smallest absolute Gasteiger partial charge is 0.258 e. The molecule has 0 aromatic heterocycles. The van der Waals surface area contributed by atoms with Crippen molar-refractivity contribution in [1.29, 1.82) is 0 Å². The zero-order valence-electron chi connectivity index (χ0n) is 14.5. The molecule has 25 heavy (non-hydrogen) atoms. The highest BCUT2D eigenvalue weighted by molar-refractivity contribution is 7.90. The van der Waals surface area contributed by atoms with E-state index >= 15 is 0 Å². The predicted molar refractivity (Wildman–Crippen MR) is 97.7 cm³/mol. The van der Waals surface area contributed by atoms with Crippen molar-refractivity contribution < 1.29 is 17.9 Å². The summed E-state index contributed by atoms with van der Waals surface area (Å²) in [5, 5.41) is 2.78. The number of hydrogen-bond acceptors (Lipinski definition) is 5. The number of ether oxygens (including phenoxy) is 1. The van der Waals surface area contributed by atoms with E-state index in [4.69, 9.17) is 4.74 Å². The van der Waals surface area contributed by atoms with Gasteiger partial charge in [-0.2, -0.15) is 0 Å². The van der Waals surface area contributed by atoms with Crippen LogP contribution in [-0.4, -0.2) is 41.3 Å². The van der Waals surface area contributed by atoms with Crippen LogP contribution < -0.4 is 15.0 Å². The summed E-state index contributed by atoms with van der Waals surface area (Å²) in [6.45, 7) is 0.289. The Morgan fingerprint density at radius 2 is 1.64 bits per heavy atom. The molecular formula is C18H22N2O4S. The second kappa shape index (κ2) is 8.02. The first-order chi connectivity index (χ1) is 11.8. The summed E-state index contributed by atoms with van der Waals surface area (Å²) in [5.74, 6) is 0.196. The summed E-state index contributed by atoms with van der Waals surface area (Å²) in [4.78, 5) is 14.1. The molecular weight excluding hydrogens is 340 g/mol. The van der Waals surface area contributed by atoms with Gasteiger partial charge in [-0.1, -0.05) is 12.1 Å². The second-order valence-corrected chi connectivity index (χ2v) is 7.89. The van der Waals surface area contributed by atoms with Gasteiger partial charge in [-0.05, 0) is 42.0 Å². The number of carbonyl (C=O) groups excluding carboxylic acids is 1. The van der Waals surface area contributed by atoms with Gasteiger partial charge in [0.25, 0.3) is 5.91 Å². The van der Waals surface area contributed by atoms with Crippen molar-refractivity contribution >= 4 is 21.4 Å². The number of amides is 1. The van der Waals surface area contributed by atoms with Gasteiger partial charge in [0, 0.05) is 32.6 Å². The van der Waals surface area contributed by atoms with E-state index in [9.17, 15) is 13.2 Å². The van der Waals surface area contributed by atoms with Crippen molar-refractivity contribution in [3.05, 3.63) is 54.1 Å². The summed E-state index contributed by atoms with van der Waals surface area (Å²) in [6.07, 6.45) is 1.14. The van der Waals surface area contributed by atoms with Gasteiger partial charge in [-0.3, -0.25) is 4.79 Å². The number of hydrogen-bond donors (Lipinski definition) is 1. The molecule has 0 aliphatic heterocycles. The van der Waals surface area contributed by atoms with Crippen LogP contribution >= 0.6 is 0 Å². The van der Waals surface area contributed by atoms with E-state index in [1.54, 1.807) is 0 Å². The van der Waals surface area contributed by atoms with Crippen LogP contribution in [0.1, 0.15) is 5.56 Å². The van der Waals surface area contributed by atoms with Crippen LogP contribution in [-0.2, 0) is 21.2 Å². The van der Waals surface area contributed by atoms with E-state index in [0.29, 0.717) is 12.3 Å². The fourth-order valence-electron chi connectivity index (χ4n) is 2.10. The highest BCUT2D eigenvalue weighted by Crippen LogP contribution is 2.15. The van der Waals surface area contributed by atoms with Crippen molar-refractivity contribution in [3.63, 3.8) is 0 Å². The zero-order valence-corrected chi connectivity index (χ0v) is 15.3. The van der Waals surface area contributed by atoms with Crippen LogP contribution in [0.3, 0.4) is 0 Å². The molecule has 0 atom stereocenters. The molecule has 0 radical (unpaired) electrons. The number of benzene rings is 2. The Morgan fingerprint density at radius 1 is 1.04 bits per heavy atom. The summed E-state index contributed by atoms with van der Waals surface area (Å²) < 4.78 is 28.1. The highest BCUT2D eigenvalue weighted by Gasteiger charge is 2.07. The molecule has 0 aliphatic rings. The molecule has 134 valence electrons. The first kappa shape index (κ1) is 18.8. The molecule has 7 heteroatoms. The molecule has 0 unspecified atom stereocenters. The Morgan fingerprint density at radius 3 is 2.16 bits per heavy atom. The van der Waals surface area contributed by atoms with Crippen LogP contribution in [0, 0.1) is 0 Å². The maximum atomic E-state index is 11.9. The third-order valence-electron chi connectivity index (χ3n) is 3.56. The van der Waals surface area contributed by atoms with Crippen LogP contribution in [0.4, 0.5) is 5.69 Å². The minimum atomic E-state index is -3.24. The number of anilines is 1. The molecule has 1 N–H and O–H groups in total. The third-order valence-corrected chi connectivity index (χ3v) is 4.69. The summed E-state index contributed by atoms with van der Waals surface area (Å²) in [5.41, 5.74) is 2.09. The van der Waals surface area contributed by atoms with E-state index in [0.717, 1.165) is 17.5 Å². The molecule has 2 aromatic carbocycles. The molecule has 2 rings (SSSR count). The minimum Gasteiger partial charge on any atom is -0.484 e. The maximum Gasteiger partial charge on any atom is 0.258 e. The number of rotatable bonds is 7. The van der Waals surface area contributed by atoms with Gasteiger partial charge in [0.05, 0.1) is 4.90 Å². The Kier molecular flexibility index (Phi) is 6.03. The van der Waals surface area contributed by atoms with Crippen molar-refractivity contribution in [2.45, 2.75) is 11.4 Å². The van der Waals surface area contributed by atoms with Gasteiger partial charge in [0.2, 0.25) is 0 Å². The van der Waals surface area contributed by atoms with E-state index in [-0.39, 0.29) is 17.4 Å². The van der Waals surface area contributed by atoms with Crippen LogP contribution in [0.15, 0.2) is 53.4 Å². The first-order valence-electron chi connectivity index (χ1n) is 7.71. The fraction of sp³-hybridized carbons (Fsp3) is 0.278. The van der Waals surface area contributed by atoms with E-state index in [1.807, 2.05) is 43.3 Å². The zero-order chi connectivity index (χ0) is 18.4. The molecule has 1 amide bonds. The quantitative estimate of drug-likeness (QED) is 0.814. The molecule has 6 nitrogen and oxygen atoms in total. The number of carbonyl (C=O) groups is 1. The Labute approximate surface area is 148 Å². The van der Waals surface area contributed by atoms with Crippen molar-refractivity contribution in [1.82, 2.24) is 5.32 Å². The molecule has 2 aromatic rings. The van der Waals surface area contributed by atoms with E-state index in [2.05, 4.69) is 5.32 Å². The molecule has 0 bridgehead atoms. The van der Waals surface area contributed by atoms with Crippen LogP contribution in [0.5, 0.6) is 5.75 Å². The van der Waals surface area contributed by atoms with E-state index in [1.165, 1.54) is 24.3 Å². The second-order valence-electron chi connectivity index (χ2n) is 5.87. The Hall–Kier alpha value is -2.54. The highest BCUT2D eigenvalue weighted by atomic mass is 32.2. The Balaban J connectivity index is 1.80. The topological polar surface area (TPSA) is 75.7 Å². The van der Waals surface area contributed by atoms with Crippen LogP contribution in [0.25, 0.3) is 0 Å². The average Bonchev–Trinajstić information content (AvgIpc) is 2.58. The number of sulfone groups is 1. The van der Waals surface area contributed by atoms with Gasteiger partial charge in [0.15, 0.2) is 16.4 Å². The fourth-order valence-corrected chi connectivity index (χ4v) is 2.73. The van der Waals surface area contributed by atoms with Gasteiger partial charge in [-0.15, -0.1) is 0 Å². The largest absolute Gasteiger partial charge is 0.484 e. The monoisotopic (exact) mass is 362 g/mol. The van der Waals surface area contributed by atoms with Crippen LogP contribution in [0.2, 0.25) is 0 Å². The molecule has 0 saturated carbocycles. The van der Waals surface area contributed by atoms with Crippen molar-refractivity contribution in [3.8, 4) is 5.75 Å². The molecule has 0 fully saturated rings. The summed E-state index contributed by atoms with van der Waals surface area (Å²) >= 11 is 0. The van der Waals surface area contributed by atoms with Gasteiger partial charge >= 0.3 is 0 Å². The molecule has 0 aliphatic carbocycles. The van der Waals surface area contributed by atoms with Gasteiger partial charge < -0.3 is 15.0 Å². The van der Waals surface area contributed by atoms with Gasteiger partial charge in [0.1, 0.15) is 5.75 Å². The average molecular weight is 362 g/mol. The minimum absolute atomic E-state index is 0.131. The van der Waals surface area contributed by atoms with Crippen molar-refractivity contribution in [2.24, 2.45) is 0 Å². The SMILES string of the molecule is CN(C)c1ccc(CNC(=O)COc2ccc(S(C)(=O)=O)cc2)cc1. The molecule has 0 saturated heterocycles. The summed E-state index contributed by atoms with van der Waals surface area (Å²) in [7, 11) is 0.701. The van der Waals surface area contributed by atoms with Crippen molar-refractivity contribution in [2.75, 3.05) is 31.9 Å². The maximum absolute atomic E-state index is 11.9. The normalized spacial score (nSPS) is 11.0.